The van der Waals surface area contributed by atoms with Crippen molar-refractivity contribution < 1.29 is 0 Å². The zero-order chi connectivity index (χ0) is 13.7. The molecule has 2 rings (SSSR count). The van der Waals surface area contributed by atoms with Crippen molar-refractivity contribution in [2.75, 3.05) is 18.4 Å². The Bertz CT molecular complexity index is 374. The molecule has 0 spiro atoms. The van der Waals surface area contributed by atoms with Gasteiger partial charge in [0.05, 0.1) is 0 Å². The summed E-state index contributed by atoms with van der Waals surface area (Å²) < 4.78 is 0. The Morgan fingerprint density at radius 3 is 2.84 bits per heavy atom. The molecule has 3 nitrogen and oxygen atoms in total. The number of anilines is 1. The second-order valence-corrected chi connectivity index (χ2v) is 5.57. The first-order chi connectivity index (χ1) is 9.24. The zero-order valence-corrected chi connectivity index (χ0v) is 12.5. The van der Waals surface area contributed by atoms with Gasteiger partial charge in [0.2, 0.25) is 0 Å². The molecule has 0 unspecified atom stereocenters. The van der Waals surface area contributed by atoms with Crippen LogP contribution >= 0.6 is 0 Å². The van der Waals surface area contributed by atoms with E-state index in [4.69, 9.17) is 0 Å². The molecule has 0 radical (unpaired) electrons. The van der Waals surface area contributed by atoms with Crippen molar-refractivity contribution >= 4 is 5.82 Å². The van der Waals surface area contributed by atoms with Gasteiger partial charge in [0.25, 0.3) is 0 Å². The molecule has 1 aliphatic heterocycles. The first kappa shape index (κ1) is 14.3. The maximum atomic E-state index is 4.57. The van der Waals surface area contributed by atoms with E-state index in [1.54, 1.807) is 0 Å². The van der Waals surface area contributed by atoms with Gasteiger partial charge in [-0.15, -0.1) is 0 Å². The van der Waals surface area contributed by atoms with Gasteiger partial charge in [-0.05, 0) is 50.9 Å². The number of likely N-dealkylation sites (tertiary alicyclic amines) is 1. The zero-order valence-electron chi connectivity index (χ0n) is 12.5. The van der Waals surface area contributed by atoms with Gasteiger partial charge in [0.15, 0.2) is 0 Å². The maximum absolute atomic E-state index is 4.57. The van der Waals surface area contributed by atoms with Gasteiger partial charge < -0.3 is 5.32 Å². The molecule has 1 N–H and O–H groups in total. The molecule has 3 heteroatoms. The summed E-state index contributed by atoms with van der Waals surface area (Å²) in [7, 11) is 0. The van der Waals surface area contributed by atoms with Crippen LogP contribution in [0.2, 0.25) is 0 Å². The lowest BCUT2D eigenvalue weighted by Gasteiger charge is -2.35. The van der Waals surface area contributed by atoms with Crippen molar-refractivity contribution in [3.8, 4) is 0 Å². The van der Waals surface area contributed by atoms with Gasteiger partial charge in [-0.25, -0.2) is 4.98 Å². The number of aromatic nitrogens is 1. The molecule has 2 atom stereocenters. The Kier molecular flexibility index (Phi) is 5.20. The van der Waals surface area contributed by atoms with Crippen LogP contribution in [0.4, 0.5) is 5.82 Å². The Labute approximate surface area is 117 Å². The lowest BCUT2D eigenvalue weighted by Crippen LogP contribution is -2.33. The summed E-state index contributed by atoms with van der Waals surface area (Å²) in [6.45, 7) is 9.00. The summed E-state index contributed by atoms with van der Waals surface area (Å²) >= 11 is 0. The molecule has 1 fully saturated rings. The van der Waals surface area contributed by atoms with Crippen molar-refractivity contribution in [3.05, 3.63) is 23.9 Å². The Morgan fingerprint density at radius 1 is 1.37 bits per heavy atom. The molecule has 0 aromatic carbocycles. The molecule has 1 aromatic rings. The second-order valence-electron chi connectivity index (χ2n) is 5.57. The lowest BCUT2D eigenvalue weighted by atomic mass is 9.96. The van der Waals surface area contributed by atoms with Gasteiger partial charge in [-0.2, -0.15) is 0 Å². The SMILES string of the molecule is CC[C@@H](C)Nc1ccc([C@H]2CCCCN2CC)cn1. The quantitative estimate of drug-likeness (QED) is 0.873. The summed E-state index contributed by atoms with van der Waals surface area (Å²) in [5.41, 5.74) is 1.37. The average molecular weight is 261 g/mol. The van der Waals surface area contributed by atoms with E-state index < -0.39 is 0 Å². The van der Waals surface area contributed by atoms with Crippen LogP contribution in [0.1, 0.15) is 58.1 Å². The van der Waals surface area contributed by atoms with E-state index in [0.29, 0.717) is 12.1 Å². The van der Waals surface area contributed by atoms with Gasteiger partial charge in [0.1, 0.15) is 5.82 Å². The van der Waals surface area contributed by atoms with E-state index in [2.05, 4.69) is 54.3 Å². The minimum atomic E-state index is 0.486. The van der Waals surface area contributed by atoms with Gasteiger partial charge in [-0.3, -0.25) is 4.90 Å². The Morgan fingerprint density at radius 2 is 2.21 bits per heavy atom. The fourth-order valence-electron chi connectivity index (χ4n) is 2.79. The van der Waals surface area contributed by atoms with Crippen molar-refractivity contribution in [1.82, 2.24) is 9.88 Å². The van der Waals surface area contributed by atoms with Gasteiger partial charge >= 0.3 is 0 Å². The van der Waals surface area contributed by atoms with Crippen molar-refractivity contribution in [2.24, 2.45) is 0 Å². The van der Waals surface area contributed by atoms with Crippen molar-refractivity contribution in [1.29, 1.82) is 0 Å². The van der Waals surface area contributed by atoms with Gasteiger partial charge in [0, 0.05) is 18.3 Å². The molecular weight excluding hydrogens is 234 g/mol. The number of nitrogens with zero attached hydrogens (tertiary/aromatic N) is 2. The fourth-order valence-corrected chi connectivity index (χ4v) is 2.79. The predicted molar refractivity (Wildman–Crippen MR) is 81.5 cm³/mol. The third kappa shape index (κ3) is 3.69. The van der Waals surface area contributed by atoms with Crippen molar-refractivity contribution in [3.63, 3.8) is 0 Å². The fraction of sp³-hybridized carbons (Fsp3) is 0.688. The summed E-state index contributed by atoms with van der Waals surface area (Å²) in [6.07, 6.45) is 7.13. The molecule has 0 aliphatic carbocycles. The van der Waals surface area contributed by atoms with Crippen LogP contribution in [0.25, 0.3) is 0 Å². The average Bonchev–Trinajstić information content (AvgIpc) is 2.48. The van der Waals surface area contributed by atoms with E-state index >= 15 is 0 Å². The van der Waals surface area contributed by atoms with Crippen LogP contribution < -0.4 is 5.32 Å². The number of hydrogen-bond acceptors (Lipinski definition) is 3. The Hall–Kier alpha value is -1.09. The predicted octanol–water partition coefficient (Wildman–Crippen LogP) is 3.84. The number of nitrogens with one attached hydrogen (secondary N) is 1. The van der Waals surface area contributed by atoms with E-state index in [1.165, 1.54) is 31.4 Å². The monoisotopic (exact) mass is 261 g/mol. The summed E-state index contributed by atoms with van der Waals surface area (Å²) in [5, 5.41) is 3.42. The highest BCUT2D eigenvalue weighted by atomic mass is 15.2. The van der Waals surface area contributed by atoms with E-state index in [1.807, 2.05) is 0 Å². The third-order valence-electron chi connectivity index (χ3n) is 4.20. The highest BCUT2D eigenvalue weighted by Gasteiger charge is 2.22. The summed E-state index contributed by atoms with van der Waals surface area (Å²) in [6, 6.07) is 5.43. The van der Waals surface area contributed by atoms with Crippen LogP contribution in [-0.4, -0.2) is 29.0 Å². The molecule has 1 saturated heterocycles. The standard InChI is InChI=1S/C16H27N3/c1-4-13(3)18-16-10-9-14(12-17-16)15-8-6-7-11-19(15)5-2/h9-10,12-13,15H,4-8,11H2,1-3H3,(H,17,18)/t13-,15-/m1/s1. The Balaban J connectivity index is 2.04. The number of piperidine rings is 1. The highest BCUT2D eigenvalue weighted by molar-refractivity contribution is 5.37. The largest absolute Gasteiger partial charge is 0.368 e. The topological polar surface area (TPSA) is 28.2 Å². The number of pyridine rings is 1. The van der Waals surface area contributed by atoms with E-state index in [-0.39, 0.29) is 0 Å². The van der Waals surface area contributed by atoms with Crippen LogP contribution in [0.15, 0.2) is 18.3 Å². The molecule has 1 aromatic heterocycles. The van der Waals surface area contributed by atoms with Crippen molar-refractivity contribution in [2.45, 2.75) is 58.5 Å². The molecule has 0 amide bonds. The van der Waals surface area contributed by atoms with Crippen LogP contribution in [0.5, 0.6) is 0 Å². The molecule has 0 saturated carbocycles. The van der Waals surface area contributed by atoms with E-state index in [9.17, 15) is 0 Å². The molecule has 0 bridgehead atoms. The number of rotatable bonds is 5. The number of hydrogen-bond donors (Lipinski definition) is 1. The minimum Gasteiger partial charge on any atom is -0.368 e. The first-order valence-corrected chi connectivity index (χ1v) is 7.71. The van der Waals surface area contributed by atoms with Crippen LogP contribution in [-0.2, 0) is 0 Å². The minimum absolute atomic E-state index is 0.486. The molecule has 19 heavy (non-hydrogen) atoms. The first-order valence-electron chi connectivity index (χ1n) is 7.71. The molecule has 1 aliphatic rings. The third-order valence-corrected chi connectivity index (χ3v) is 4.20. The lowest BCUT2D eigenvalue weighted by molar-refractivity contribution is 0.157. The van der Waals surface area contributed by atoms with E-state index in [0.717, 1.165) is 18.8 Å². The van der Waals surface area contributed by atoms with Crippen LogP contribution in [0, 0.1) is 0 Å². The van der Waals surface area contributed by atoms with Gasteiger partial charge in [-0.1, -0.05) is 26.3 Å². The molecule has 106 valence electrons. The molecule has 2 heterocycles. The van der Waals surface area contributed by atoms with Crippen LogP contribution in [0.3, 0.4) is 0 Å². The second kappa shape index (κ2) is 6.90. The summed E-state index contributed by atoms with van der Waals surface area (Å²) in [5.74, 6) is 0.997. The highest BCUT2D eigenvalue weighted by Crippen LogP contribution is 2.30. The summed E-state index contributed by atoms with van der Waals surface area (Å²) in [4.78, 5) is 7.14. The smallest absolute Gasteiger partial charge is 0.126 e. The molecular formula is C16H27N3. The normalized spacial score (nSPS) is 22.2. The maximum Gasteiger partial charge on any atom is 0.126 e.